The van der Waals surface area contributed by atoms with Gasteiger partial charge >= 0.3 is 0 Å². The first-order chi connectivity index (χ1) is 16.8. The van der Waals surface area contributed by atoms with E-state index in [1.807, 2.05) is 56.9 Å². The number of aliphatic imine (C=N–C) groups is 1. The monoisotopic (exact) mass is 499 g/mol. The molecule has 0 saturated heterocycles. The van der Waals surface area contributed by atoms with Crippen LogP contribution in [0.3, 0.4) is 0 Å². The van der Waals surface area contributed by atoms with Gasteiger partial charge in [0, 0.05) is 50.9 Å². The molecule has 0 amide bonds. The van der Waals surface area contributed by atoms with Crippen molar-refractivity contribution in [3.05, 3.63) is 42.0 Å². The molecule has 0 aromatic carbocycles. The SMILES string of the molecule is C=NN1/C(C)=C/C(=N\C(C)N(C)/C(=C\C)CCl)Nc2ccnc(n2)-c2cnn(C)c2OCC[C@@H]1C. The van der Waals surface area contributed by atoms with E-state index in [2.05, 4.69) is 34.1 Å². The van der Waals surface area contributed by atoms with Crippen LogP contribution in [0.5, 0.6) is 5.88 Å². The average Bonchev–Trinajstić information content (AvgIpc) is 3.20. The predicted octanol–water partition coefficient (Wildman–Crippen LogP) is 4.10. The van der Waals surface area contributed by atoms with Gasteiger partial charge in [0.15, 0.2) is 5.82 Å². The molecule has 10 nitrogen and oxygen atoms in total. The molecule has 0 fully saturated rings. The van der Waals surface area contributed by atoms with E-state index in [0.717, 1.165) is 23.4 Å². The molecule has 0 saturated carbocycles. The highest BCUT2D eigenvalue weighted by molar-refractivity contribution is 6.19. The number of rotatable bonds is 5. The molecule has 2 aromatic rings. The Morgan fingerprint density at radius 1 is 1.49 bits per heavy atom. The van der Waals surface area contributed by atoms with Crippen LogP contribution in [0.25, 0.3) is 11.4 Å². The molecule has 0 aliphatic carbocycles. The number of nitrogens with zero attached hydrogens (tertiary/aromatic N) is 8. The fourth-order valence-electron chi connectivity index (χ4n) is 3.76. The number of allylic oxidation sites excluding steroid dienone is 3. The van der Waals surface area contributed by atoms with Gasteiger partial charge in [-0.25, -0.2) is 19.6 Å². The molecule has 1 aliphatic rings. The summed E-state index contributed by atoms with van der Waals surface area (Å²) in [6.45, 7) is 12.3. The second kappa shape index (κ2) is 11.8. The summed E-state index contributed by atoms with van der Waals surface area (Å²) in [5, 5.41) is 13.8. The van der Waals surface area contributed by atoms with Gasteiger partial charge in [0.05, 0.1) is 24.7 Å². The number of hydrogen-bond donors (Lipinski definition) is 1. The minimum absolute atomic E-state index is 0.0460. The minimum Gasteiger partial charge on any atom is -0.477 e. The number of nitrogens with one attached hydrogen (secondary N) is 1. The summed E-state index contributed by atoms with van der Waals surface area (Å²) in [5.74, 6) is 2.74. The van der Waals surface area contributed by atoms with Crippen LogP contribution < -0.4 is 10.1 Å². The van der Waals surface area contributed by atoms with Gasteiger partial charge in [-0.15, -0.1) is 11.6 Å². The number of hydrogen-bond acceptors (Lipinski definition) is 8. The zero-order chi connectivity index (χ0) is 25.5. The van der Waals surface area contributed by atoms with Crippen LogP contribution in [0.4, 0.5) is 5.82 Å². The van der Waals surface area contributed by atoms with Crippen LogP contribution in [0.2, 0.25) is 0 Å². The van der Waals surface area contributed by atoms with Gasteiger partial charge in [-0.05, 0) is 33.8 Å². The summed E-state index contributed by atoms with van der Waals surface area (Å²) in [7, 11) is 3.80. The van der Waals surface area contributed by atoms with Crippen LogP contribution in [-0.4, -0.2) is 74.0 Å². The Morgan fingerprint density at radius 2 is 2.26 bits per heavy atom. The van der Waals surface area contributed by atoms with Crippen LogP contribution in [-0.2, 0) is 7.05 Å². The van der Waals surface area contributed by atoms with Crippen LogP contribution in [0, 0.1) is 0 Å². The molecule has 3 heterocycles. The van der Waals surface area contributed by atoms with Gasteiger partial charge in [-0.2, -0.15) is 10.2 Å². The lowest BCUT2D eigenvalue weighted by Gasteiger charge is -2.28. The van der Waals surface area contributed by atoms with Crippen molar-refractivity contribution in [1.29, 1.82) is 0 Å². The first kappa shape index (κ1) is 26.2. The van der Waals surface area contributed by atoms with Crippen molar-refractivity contribution in [3.8, 4) is 17.3 Å². The highest BCUT2D eigenvalue weighted by atomic mass is 35.5. The topological polar surface area (TPSA) is 96.1 Å². The molecule has 1 unspecified atom stereocenters. The van der Waals surface area contributed by atoms with E-state index in [0.29, 0.717) is 35.8 Å². The Balaban J connectivity index is 2.09. The van der Waals surface area contributed by atoms with Crippen molar-refractivity contribution in [2.75, 3.05) is 24.9 Å². The number of aromatic nitrogens is 4. The summed E-state index contributed by atoms with van der Waals surface area (Å²) in [6, 6.07) is 1.84. The summed E-state index contributed by atoms with van der Waals surface area (Å²) in [6.07, 6.45) is 7.86. The van der Waals surface area contributed by atoms with Crippen LogP contribution >= 0.6 is 11.6 Å². The number of aryl methyl sites for hydroxylation is 1. The van der Waals surface area contributed by atoms with Crippen molar-refractivity contribution >= 4 is 30.0 Å². The zero-order valence-electron chi connectivity index (χ0n) is 21.2. The summed E-state index contributed by atoms with van der Waals surface area (Å²) < 4.78 is 7.77. The first-order valence-corrected chi connectivity index (χ1v) is 12.0. The Morgan fingerprint density at radius 3 is 2.94 bits per heavy atom. The Bertz CT molecular complexity index is 1120. The molecule has 35 heavy (non-hydrogen) atoms. The van der Waals surface area contributed by atoms with Crippen molar-refractivity contribution in [2.45, 2.75) is 46.3 Å². The van der Waals surface area contributed by atoms with Crippen molar-refractivity contribution in [3.63, 3.8) is 0 Å². The maximum Gasteiger partial charge on any atom is 0.222 e. The number of fused-ring (bicyclic) bond motifs is 4. The van der Waals surface area contributed by atoms with Crippen molar-refractivity contribution in [1.82, 2.24) is 29.7 Å². The van der Waals surface area contributed by atoms with Gasteiger partial charge in [0.1, 0.15) is 23.4 Å². The maximum atomic E-state index is 6.12. The second-order valence-corrected chi connectivity index (χ2v) is 8.57. The van der Waals surface area contributed by atoms with E-state index in [-0.39, 0.29) is 12.2 Å². The molecular formula is C24H34ClN9O. The Labute approximate surface area is 212 Å². The lowest BCUT2D eigenvalue weighted by atomic mass is 10.2. The fraction of sp³-hybridized carbons (Fsp3) is 0.458. The number of amidine groups is 1. The van der Waals surface area contributed by atoms with Crippen LogP contribution in [0.1, 0.15) is 34.1 Å². The average molecular weight is 500 g/mol. The number of hydrazone groups is 1. The summed E-state index contributed by atoms with van der Waals surface area (Å²) in [4.78, 5) is 16.1. The van der Waals surface area contributed by atoms with Gasteiger partial charge in [-0.1, -0.05) is 6.08 Å². The van der Waals surface area contributed by atoms with E-state index in [4.69, 9.17) is 26.3 Å². The van der Waals surface area contributed by atoms with E-state index in [9.17, 15) is 0 Å². The lowest BCUT2D eigenvalue weighted by Crippen LogP contribution is -2.31. The highest BCUT2D eigenvalue weighted by Crippen LogP contribution is 2.28. The second-order valence-electron chi connectivity index (χ2n) is 8.31. The van der Waals surface area contributed by atoms with Crippen molar-refractivity contribution in [2.24, 2.45) is 17.1 Å². The Hall–Kier alpha value is -3.40. The standard InChI is InChI=1S/C24H34ClN9O/c1-8-19(14-25)32(6)18(4)29-22-13-17(3)34(26-5)16(2)10-12-35-24-20(15-28-33(24)7)23-27-11-9-21(30-22)31-23/h8-9,11,13,15-16,18H,5,10,12,14H2,1-4,6-7H3,(H,27,29,30,31)/b17-13+,19-8-/t16-,18?/m0/s1. The van der Waals surface area contributed by atoms with Gasteiger partial charge < -0.3 is 15.0 Å². The number of alkyl halides is 1. The molecule has 0 radical (unpaired) electrons. The molecule has 1 N–H and O–H groups in total. The molecule has 2 bridgehead atoms. The first-order valence-electron chi connectivity index (χ1n) is 11.5. The van der Waals surface area contributed by atoms with E-state index in [1.54, 1.807) is 23.1 Å². The predicted molar refractivity (Wildman–Crippen MR) is 142 cm³/mol. The van der Waals surface area contributed by atoms with Gasteiger partial charge in [-0.3, -0.25) is 5.01 Å². The normalized spacial score (nSPS) is 20.6. The smallest absolute Gasteiger partial charge is 0.222 e. The number of halogens is 1. The maximum absolute atomic E-state index is 6.12. The third kappa shape index (κ3) is 6.19. The molecule has 3 rings (SSSR count). The zero-order valence-corrected chi connectivity index (χ0v) is 22.0. The lowest BCUT2D eigenvalue weighted by molar-refractivity contribution is 0.212. The molecule has 188 valence electrons. The Kier molecular flexibility index (Phi) is 8.86. The molecular weight excluding hydrogens is 466 g/mol. The third-order valence-corrected chi connectivity index (χ3v) is 6.17. The van der Waals surface area contributed by atoms with Gasteiger partial charge in [0.2, 0.25) is 5.88 Å². The number of anilines is 1. The molecule has 1 aliphatic heterocycles. The molecule has 0 spiro atoms. The highest BCUT2D eigenvalue weighted by Gasteiger charge is 2.20. The van der Waals surface area contributed by atoms with E-state index >= 15 is 0 Å². The number of ether oxygens (including phenoxy) is 1. The largest absolute Gasteiger partial charge is 0.477 e. The molecule has 11 heteroatoms. The third-order valence-electron chi connectivity index (χ3n) is 5.90. The molecule has 2 aromatic heterocycles. The minimum atomic E-state index is -0.187. The van der Waals surface area contributed by atoms with E-state index < -0.39 is 0 Å². The summed E-state index contributed by atoms with van der Waals surface area (Å²) in [5.41, 5.74) is 2.59. The van der Waals surface area contributed by atoms with Gasteiger partial charge in [0.25, 0.3) is 0 Å². The summed E-state index contributed by atoms with van der Waals surface area (Å²) >= 11 is 6.12. The quantitative estimate of drug-likeness (QED) is 0.488. The van der Waals surface area contributed by atoms with Crippen molar-refractivity contribution < 1.29 is 4.74 Å². The van der Waals surface area contributed by atoms with E-state index in [1.165, 1.54) is 0 Å². The molecule has 2 atom stereocenters. The van der Waals surface area contributed by atoms with Crippen LogP contribution in [0.15, 0.2) is 52.1 Å². The fourth-order valence-corrected chi connectivity index (χ4v) is 4.10.